The topological polar surface area (TPSA) is 117 Å². The van der Waals surface area contributed by atoms with Crippen LogP contribution in [0.15, 0.2) is 47.3 Å². The van der Waals surface area contributed by atoms with Crippen molar-refractivity contribution < 1.29 is 36.6 Å². The third-order valence-electron chi connectivity index (χ3n) is 5.22. The molecule has 16 heteroatoms. The maximum Gasteiger partial charge on any atom is 0.416 e. The highest BCUT2D eigenvalue weighted by Gasteiger charge is 2.39. The fourth-order valence-corrected chi connectivity index (χ4v) is 3.55. The van der Waals surface area contributed by atoms with Gasteiger partial charge in [-0.25, -0.2) is 32.7 Å². The van der Waals surface area contributed by atoms with E-state index in [4.69, 9.17) is 11.6 Å². The molecule has 0 radical (unpaired) electrons. The highest BCUT2D eigenvalue weighted by molar-refractivity contribution is 6.30. The van der Waals surface area contributed by atoms with Crippen LogP contribution in [0.3, 0.4) is 0 Å². The van der Waals surface area contributed by atoms with E-state index in [-0.39, 0.29) is 17.2 Å². The maximum atomic E-state index is 14.4. The fraction of sp³-hybridized carbons (Fsp3) is 0.227. The van der Waals surface area contributed by atoms with E-state index < -0.39 is 60.2 Å². The first kappa shape index (κ1) is 26.9. The molecule has 0 aliphatic heterocycles. The standard InChI is InChI=1S/C22H16ClF5N6O4/c1-38-20(36)19-29-16(30-34(19)17-13(24)3-2-4-14(17)25)10-33-21(37)32(9-15(35)22(26,27)28)18(31-33)11-5-7-12(23)8-6-11/h2-8,15,35H,9-10H2,1H3/t15-/m0/s1. The predicted octanol–water partition coefficient (Wildman–Crippen LogP) is 2.98. The van der Waals surface area contributed by atoms with E-state index in [0.29, 0.717) is 19.0 Å². The summed E-state index contributed by atoms with van der Waals surface area (Å²) in [5, 5.41) is 17.8. The number of carbonyl (C=O) groups excluding carboxylic acids is 1. The Labute approximate surface area is 214 Å². The summed E-state index contributed by atoms with van der Waals surface area (Å²) in [7, 11) is 0.995. The number of carbonyl (C=O) groups is 1. The second-order valence-corrected chi connectivity index (χ2v) is 8.20. The van der Waals surface area contributed by atoms with Crippen LogP contribution in [0.25, 0.3) is 17.1 Å². The summed E-state index contributed by atoms with van der Waals surface area (Å²) in [4.78, 5) is 29.2. The van der Waals surface area contributed by atoms with Gasteiger partial charge in [-0.3, -0.25) is 4.57 Å². The number of para-hydroxylation sites is 1. The van der Waals surface area contributed by atoms with Crippen molar-refractivity contribution in [1.29, 1.82) is 0 Å². The SMILES string of the molecule is COC(=O)c1nc(Cn2nc(-c3ccc(Cl)cc3)n(C[C@H](O)C(F)(F)F)c2=O)nn1-c1c(F)cccc1F. The van der Waals surface area contributed by atoms with Crippen LogP contribution >= 0.6 is 11.6 Å². The number of methoxy groups -OCH3 is 1. The molecule has 0 amide bonds. The zero-order chi connectivity index (χ0) is 27.8. The minimum absolute atomic E-state index is 0.196. The summed E-state index contributed by atoms with van der Waals surface area (Å²) in [6, 6.07) is 8.54. The summed E-state index contributed by atoms with van der Waals surface area (Å²) in [6.45, 7) is -1.81. The zero-order valence-electron chi connectivity index (χ0n) is 19.2. The summed E-state index contributed by atoms with van der Waals surface area (Å²) < 4.78 is 74.4. The van der Waals surface area contributed by atoms with Gasteiger partial charge in [-0.05, 0) is 36.4 Å². The van der Waals surface area contributed by atoms with Gasteiger partial charge in [0.2, 0.25) is 5.82 Å². The molecule has 0 spiro atoms. The number of halogens is 6. The first-order valence-corrected chi connectivity index (χ1v) is 11.0. The molecule has 200 valence electrons. The molecule has 2 heterocycles. The second kappa shape index (κ2) is 10.3. The first-order valence-electron chi connectivity index (χ1n) is 10.6. The van der Waals surface area contributed by atoms with Crippen molar-refractivity contribution in [3.8, 4) is 17.1 Å². The molecule has 38 heavy (non-hydrogen) atoms. The van der Waals surface area contributed by atoms with Crippen LogP contribution in [0.1, 0.15) is 16.4 Å². The molecule has 0 unspecified atom stereocenters. The molecule has 10 nitrogen and oxygen atoms in total. The molecule has 0 bridgehead atoms. The third-order valence-corrected chi connectivity index (χ3v) is 5.47. The summed E-state index contributed by atoms with van der Waals surface area (Å²) >= 11 is 5.86. The van der Waals surface area contributed by atoms with Crippen molar-refractivity contribution >= 4 is 17.6 Å². The van der Waals surface area contributed by atoms with Crippen LogP contribution in [0.2, 0.25) is 5.02 Å². The van der Waals surface area contributed by atoms with Gasteiger partial charge in [-0.1, -0.05) is 17.7 Å². The number of esters is 1. The highest BCUT2D eigenvalue weighted by Crippen LogP contribution is 2.24. The maximum absolute atomic E-state index is 14.4. The number of aromatic nitrogens is 6. The Bertz CT molecular complexity index is 1530. The van der Waals surface area contributed by atoms with Crippen LogP contribution < -0.4 is 5.69 Å². The summed E-state index contributed by atoms with van der Waals surface area (Å²) in [6.07, 6.45) is -7.92. The van der Waals surface area contributed by atoms with Crippen molar-refractivity contribution in [3.63, 3.8) is 0 Å². The van der Waals surface area contributed by atoms with E-state index in [1.54, 1.807) is 0 Å². The number of hydrogen-bond donors (Lipinski definition) is 1. The fourth-order valence-electron chi connectivity index (χ4n) is 3.42. The number of benzene rings is 2. The number of nitrogens with zero attached hydrogens (tertiary/aromatic N) is 6. The lowest BCUT2D eigenvalue weighted by atomic mass is 10.2. The van der Waals surface area contributed by atoms with Crippen LogP contribution in [0.5, 0.6) is 0 Å². The van der Waals surface area contributed by atoms with Gasteiger partial charge in [-0.15, -0.1) is 10.2 Å². The molecule has 0 aliphatic carbocycles. The number of aliphatic hydroxyl groups is 1. The van der Waals surface area contributed by atoms with Gasteiger partial charge in [0, 0.05) is 10.6 Å². The molecular formula is C22H16ClF5N6O4. The van der Waals surface area contributed by atoms with Crippen molar-refractivity contribution in [2.24, 2.45) is 0 Å². The van der Waals surface area contributed by atoms with Gasteiger partial charge in [0.05, 0.1) is 13.7 Å². The van der Waals surface area contributed by atoms with Crippen LogP contribution in [-0.2, 0) is 17.8 Å². The smallest absolute Gasteiger partial charge is 0.416 e. The minimum atomic E-state index is -5.03. The first-order chi connectivity index (χ1) is 17.9. The van der Waals surface area contributed by atoms with Gasteiger partial charge < -0.3 is 9.84 Å². The molecular weight excluding hydrogens is 543 g/mol. The molecule has 4 aromatic rings. The Hall–Kier alpha value is -4.11. The Morgan fingerprint density at radius 1 is 1.11 bits per heavy atom. The minimum Gasteiger partial charge on any atom is -0.463 e. The van der Waals surface area contributed by atoms with E-state index in [1.807, 2.05) is 0 Å². The van der Waals surface area contributed by atoms with E-state index in [1.165, 1.54) is 24.3 Å². The summed E-state index contributed by atoms with van der Waals surface area (Å²) in [5.41, 5.74) is -1.65. The Balaban J connectivity index is 1.81. The molecule has 4 rings (SSSR count). The molecule has 0 saturated carbocycles. The Morgan fingerprint density at radius 2 is 1.74 bits per heavy atom. The van der Waals surface area contributed by atoms with Gasteiger partial charge in [0.15, 0.2) is 29.4 Å². The van der Waals surface area contributed by atoms with Crippen molar-refractivity contribution in [3.05, 3.63) is 81.3 Å². The van der Waals surface area contributed by atoms with Crippen LogP contribution in [0.4, 0.5) is 22.0 Å². The Kier molecular flexibility index (Phi) is 7.33. The molecule has 2 aromatic heterocycles. The van der Waals surface area contributed by atoms with Gasteiger partial charge in [-0.2, -0.15) is 13.2 Å². The number of alkyl halides is 3. The molecule has 2 aromatic carbocycles. The van der Waals surface area contributed by atoms with Crippen LogP contribution in [0, 0.1) is 11.6 Å². The number of ether oxygens (including phenoxy) is 1. The largest absolute Gasteiger partial charge is 0.463 e. The number of rotatable bonds is 7. The molecule has 0 aliphatic rings. The molecule has 1 N–H and O–H groups in total. The monoisotopic (exact) mass is 558 g/mol. The lowest BCUT2D eigenvalue weighted by Gasteiger charge is -2.15. The van der Waals surface area contributed by atoms with E-state index in [9.17, 15) is 36.6 Å². The number of hydrogen-bond acceptors (Lipinski definition) is 7. The van der Waals surface area contributed by atoms with E-state index >= 15 is 0 Å². The molecule has 0 saturated heterocycles. The normalized spacial score (nSPS) is 12.5. The van der Waals surface area contributed by atoms with Gasteiger partial charge >= 0.3 is 17.8 Å². The van der Waals surface area contributed by atoms with Crippen molar-refractivity contribution in [2.75, 3.05) is 7.11 Å². The zero-order valence-corrected chi connectivity index (χ0v) is 19.9. The van der Waals surface area contributed by atoms with Crippen molar-refractivity contribution in [2.45, 2.75) is 25.4 Å². The average Bonchev–Trinajstić information content (AvgIpc) is 3.40. The lowest BCUT2D eigenvalue weighted by molar-refractivity contribution is -0.207. The van der Waals surface area contributed by atoms with Gasteiger partial charge in [0.1, 0.15) is 12.2 Å². The van der Waals surface area contributed by atoms with Crippen molar-refractivity contribution in [1.82, 2.24) is 29.1 Å². The second-order valence-electron chi connectivity index (χ2n) is 7.76. The van der Waals surface area contributed by atoms with E-state index in [2.05, 4.69) is 19.9 Å². The lowest BCUT2D eigenvalue weighted by Crippen LogP contribution is -2.37. The Morgan fingerprint density at radius 3 is 2.32 bits per heavy atom. The third kappa shape index (κ3) is 5.28. The van der Waals surface area contributed by atoms with Gasteiger partial charge in [0.25, 0.3) is 0 Å². The quantitative estimate of drug-likeness (QED) is 0.274. The summed E-state index contributed by atoms with van der Waals surface area (Å²) in [5.74, 6) is -4.51. The van der Waals surface area contributed by atoms with E-state index in [0.717, 1.165) is 25.3 Å². The van der Waals surface area contributed by atoms with Crippen LogP contribution in [-0.4, -0.2) is 59.6 Å². The highest BCUT2D eigenvalue weighted by atomic mass is 35.5. The average molecular weight is 559 g/mol. The number of aliphatic hydroxyl groups excluding tert-OH is 1. The molecule has 1 atom stereocenters. The predicted molar refractivity (Wildman–Crippen MR) is 121 cm³/mol. The molecule has 0 fully saturated rings.